The molecule has 3 nitrogen and oxygen atoms in total. The first-order valence-electron chi connectivity index (χ1n) is 7.23. The lowest BCUT2D eigenvalue weighted by atomic mass is 10.2. The minimum atomic E-state index is 0.699. The van der Waals surface area contributed by atoms with Crippen LogP contribution in [0.1, 0.15) is 5.56 Å². The molecule has 22 heavy (non-hydrogen) atoms. The standard InChI is InChI=1S/C19H18N2O/c1-22-19-12-13-20-14-16(19)15-21(17-8-4-2-5-9-17)18-10-6-3-7-11-18/h2-14H,15H2,1H3. The van der Waals surface area contributed by atoms with Crippen LogP contribution in [-0.4, -0.2) is 12.1 Å². The number of pyridine rings is 1. The van der Waals surface area contributed by atoms with Gasteiger partial charge in [-0.2, -0.15) is 0 Å². The number of methoxy groups -OCH3 is 1. The summed E-state index contributed by atoms with van der Waals surface area (Å²) in [6.45, 7) is 0.699. The maximum atomic E-state index is 5.45. The lowest BCUT2D eigenvalue weighted by Crippen LogP contribution is -2.17. The number of hydrogen-bond donors (Lipinski definition) is 0. The van der Waals surface area contributed by atoms with E-state index in [1.54, 1.807) is 13.3 Å². The number of nitrogens with zero attached hydrogens (tertiary/aromatic N) is 2. The van der Waals surface area contributed by atoms with Crippen LogP contribution in [0.3, 0.4) is 0 Å². The number of anilines is 2. The van der Waals surface area contributed by atoms with Crippen LogP contribution in [-0.2, 0) is 6.54 Å². The van der Waals surface area contributed by atoms with E-state index in [2.05, 4.69) is 34.1 Å². The van der Waals surface area contributed by atoms with Gasteiger partial charge < -0.3 is 9.64 Å². The Morgan fingerprint density at radius 1 is 0.864 bits per heavy atom. The smallest absolute Gasteiger partial charge is 0.126 e. The number of para-hydroxylation sites is 2. The molecule has 0 saturated carbocycles. The fourth-order valence-electron chi connectivity index (χ4n) is 2.45. The Labute approximate surface area is 130 Å². The highest BCUT2D eigenvalue weighted by atomic mass is 16.5. The Morgan fingerprint density at radius 2 is 1.45 bits per heavy atom. The first-order valence-corrected chi connectivity index (χ1v) is 7.23. The van der Waals surface area contributed by atoms with E-state index in [4.69, 9.17) is 4.74 Å². The Morgan fingerprint density at radius 3 is 2.00 bits per heavy atom. The molecule has 3 heteroatoms. The number of benzene rings is 2. The number of ether oxygens (including phenoxy) is 1. The second-order valence-corrected chi connectivity index (χ2v) is 4.94. The normalized spacial score (nSPS) is 10.2. The molecule has 3 aromatic rings. The van der Waals surface area contributed by atoms with Gasteiger partial charge >= 0.3 is 0 Å². The van der Waals surface area contributed by atoms with E-state index in [1.165, 1.54) is 0 Å². The van der Waals surface area contributed by atoms with Gasteiger partial charge in [0.25, 0.3) is 0 Å². The number of hydrogen-bond acceptors (Lipinski definition) is 3. The molecule has 3 rings (SSSR count). The van der Waals surface area contributed by atoms with Gasteiger partial charge in [0.05, 0.1) is 13.7 Å². The predicted octanol–water partition coefficient (Wildman–Crippen LogP) is 4.43. The molecule has 0 saturated heterocycles. The summed E-state index contributed by atoms with van der Waals surface area (Å²) < 4.78 is 5.45. The van der Waals surface area contributed by atoms with Gasteiger partial charge in [-0.05, 0) is 30.3 Å². The van der Waals surface area contributed by atoms with Crippen LogP contribution < -0.4 is 9.64 Å². The second-order valence-electron chi connectivity index (χ2n) is 4.94. The molecule has 0 unspecified atom stereocenters. The third-order valence-corrected chi connectivity index (χ3v) is 3.54. The highest BCUT2D eigenvalue weighted by molar-refractivity contribution is 5.63. The molecule has 0 fully saturated rings. The molecule has 110 valence electrons. The van der Waals surface area contributed by atoms with Crippen molar-refractivity contribution < 1.29 is 4.74 Å². The second kappa shape index (κ2) is 6.76. The molecule has 0 atom stereocenters. The van der Waals surface area contributed by atoms with Gasteiger partial charge in [-0.3, -0.25) is 4.98 Å². The van der Waals surface area contributed by atoms with Crippen LogP contribution in [0, 0.1) is 0 Å². The summed E-state index contributed by atoms with van der Waals surface area (Å²) in [5.74, 6) is 0.854. The van der Waals surface area contributed by atoms with Crippen LogP contribution in [0.15, 0.2) is 79.1 Å². The summed E-state index contributed by atoms with van der Waals surface area (Å²) in [4.78, 5) is 6.48. The van der Waals surface area contributed by atoms with Crippen LogP contribution in [0.2, 0.25) is 0 Å². The lowest BCUT2D eigenvalue weighted by Gasteiger charge is -2.25. The minimum Gasteiger partial charge on any atom is -0.496 e. The van der Waals surface area contributed by atoms with Crippen molar-refractivity contribution in [1.82, 2.24) is 4.98 Å². The Hall–Kier alpha value is -2.81. The van der Waals surface area contributed by atoms with Crippen molar-refractivity contribution in [2.24, 2.45) is 0 Å². The zero-order valence-electron chi connectivity index (χ0n) is 12.5. The first-order chi connectivity index (χ1) is 10.9. The fraction of sp³-hybridized carbons (Fsp3) is 0.105. The molecule has 0 radical (unpaired) electrons. The summed E-state index contributed by atoms with van der Waals surface area (Å²) >= 11 is 0. The lowest BCUT2D eigenvalue weighted by molar-refractivity contribution is 0.409. The van der Waals surface area contributed by atoms with Gasteiger partial charge in [0.1, 0.15) is 5.75 Å². The van der Waals surface area contributed by atoms with Gasteiger partial charge in [-0.25, -0.2) is 0 Å². The Bertz CT molecular complexity index is 674. The zero-order chi connectivity index (χ0) is 15.2. The van der Waals surface area contributed by atoms with Crippen molar-refractivity contribution in [3.05, 3.63) is 84.7 Å². The molecule has 0 aliphatic carbocycles. The average molecular weight is 290 g/mol. The highest BCUT2D eigenvalue weighted by Gasteiger charge is 2.12. The van der Waals surface area contributed by atoms with Crippen molar-refractivity contribution in [3.8, 4) is 5.75 Å². The monoisotopic (exact) mass is 290 g/mol. The van der Waals surface area contributed by atoms with E-state index < -0.39 is 0 Å². The molecule has 0 spiro atoms. The van der Waals surface area contributed by atoms with Crippen LogP contribution in [0.4, 0.5) is 11.4 Å². The van der Waals surface area contributed by atoms with Crippen molar-refractivity contribution in [2.75, 3.05) is 12.0 Å². The molecule has 1 heterocycles. The Kier molecular flexibility index (Phi) is 4.35. The highest BCUT2D eigenvalue weighted by Crippen LogP contribution is 2.29. The molecule has 0 N–H and O–H groups in total. The van der Waals surface area contributed by atoms with Crippen LogP contribution in [0.25, 0.3) is 0 Å². The number of rotatable bonds is 5. The summed E-state index contributed by atoms with van der Waals surface area (Å²) in [6.07, 6.45) is 3.61. The van der Waals surface area contributed by atoms with Gasteiger partial charge in [0.15, 0.2) is 0 Å². The maximum absolute atomic E-state index is 5.45. The summed E-state index contributed by atoms with van der Waals surface area (Å²) in [7, 11) is 1.69. The topological polar surface area (TPSA) is 25.4 Å². The minimum absolute atomic E-state index is 0.699. The molecular weight excluding hydrogens is 272 g/mol. The first kappa shape index (κ1) is 14.1. The van der Waals surface area contributed by atoms with Crippen molar-refractivity contribution in [2.45, 2.75) is 6.54 Å². The van der Waals surface area contributed by atoms with Crippen molar-refractivity contribution in [3.63, 3.8) is 0 Å². The molecular formula is C19H18N2O. The van der Waals surface area contributed by atoms with Gasteiger partial charge in [-0.15, -0.1) is 0 Å². The SMILES string of the molecule is COc1ccncc1CN(c1ccccc1)c1ccccc1. The third kappa shape index (κ3) is 3.09. The third-order valence-electron chi connectivity index (χ3n) is 3.54. The van der Waals surface area contributed by atoms with Crippen molar-refractivity contribution in [1.29, 1.82) is 0 Å². The average Bonchev–Trinajstić information content (AvgIpc) is 2.61. The van der Waals surface area contributed by atoms with E-state index in [0.717, 1.165) is 22.7 Å². The molecule has 1 aromatic heterocycles. The maximum Gasteiger partial charge on any atom is 0.126 e. The van der Waals surface area contributed by atoms with Crippen LogP contribution >= 0.6 is 0 Å². The van der Waals surface area contributed by atoms with Gasteiger partial charge in [0, 0.05) is 29.3 Å². The van der Waals surface area contributed by atoms with E-state index in [9.17, 15) is 0 Å². The fourth-order valence-corrected chi connectivity index (χ4v) is 2.45. The summed E-state index contributed by atoms with van der Waals surface area (Å²) in [6, 6.07) is 22.6. The molecule has 0 bridgehead atoms. The molecule has 0 aliphatic heterocycles. The van der Waals surface area contributed by atoms with Gasteiger partial charge in [-0.1, -0.05) is 36.4 Å². The van der Waals surface area contributed by atoms with Gasteiger partial charge in [0.2, 0.25) is 0 Å². The van der Waals surface area contributed by atoms with E-state index in [1.807, 2.05) is 48.7 Å². The largest absolute Gasteiger partial charge is 0.496 e. The molecule has 0 amide bonds. The van der Waals surface area contributed by atoms with E-state index >= 15 is 0 Å². The summed E-state index contributed by atoms with van der Waals surface area (Å²) in [5, 5.41) is 0. The van der Waals surface area contributed by atoms with E-state index in [-0.39, 0.29) is 0 Å². The molecule has 2 aromatic carbocycles. The summed E-state index contributed by atoms with van der Waals surface area (Å²) in [5.41, 5.74) is 3.33. The molecule has 0 aliphatic rings. The van der Waals surface area contributed by atoms with E-state index in [0.29, 0.717) is 6.54 Å². The Balaban J connectivity index is 1.99. The predicted molar refractivity (Wildman–Crippen MR) is 89.5 cm³/mol. The number of aromatic nitrogens is 1. The van der Waals surface area contributed by atoms with Crippen molar-refractivity contribution >= 4 is 11.4 Å². The quantitative estimate of drug-likeness (QED) is 0.695. The van der Waals surface area contributed by atoms with Crippen LogP contribution in [0.5, 0.6) is 5.75 Å². The zero-order valence-corrected chi connectivity index (χ0v) is 12.5.